The van der Waals surface area contributed by atoms with E-state index in [0.717, 1.165) is 23.8 Å². The number of halogens is 5. The Kier molecular flexibility index (Phi) is 7.11. The van der Waals surface area contributed by atoms with Crippen LogP contribution in [0.3, 0.4) is 0 Å². The number of alkyl halides is 3. The van der Waals surface area contributed by atoms with Crippen molar-refractivity contribution in [2.75, 3.05) is 0 Å². The van der Waals surface area contributed by atoms with Gasteiger partial charge in [0.25, 0.3) is 5.91 Å². The molecule has 35 heavy (non-hydrogen) atoms. The van der Waals surface area contributed by atoms with E-state index in [1.807, 2.05) is 0 Å². The predicted octanol–water partition coefficient (Wildman–Crippen LogP) is 6.62. The van der Waals surface area contributed by atoms with Gasteiger partial charge in [0.1, 0.15) is 34.7 Å². The first-order valence-corrected chi connectivity index (χ1v) is 11.1. The van der Waals surface area contributed by atoms with Crippen molar-refractivity contribution in [3.8, 4) is 16.3 Å². The number of amides is 1. The van der Waals surface area contributed by atoms with Gasteiger partial charge in [-0.25, -0.2) is 13.8 Å². The van der Waals surface area contributed by atoms with Crippen molar-refractivity contribution in [3.63, 3.8) is 0 Å². The number of nitrogens with one attached hydrogen (secondary N) is 1. The van der Waals surface area contributed by atoms with Crippen LogP contribution in [0, 0.1) is 11.6 Å². The molecule has 1 aromatic heterocycles. The highest BCUT2D eigenvalue weighted by atomic mass is 32.1. The van der Waals surface area contributed by atoms with E-state index in [2.05, 4.69) is 10.3 Å². The van der Waals surface area contributed by atoms with Gasteiger partial charge in [-0.15, -0.1) is 11.3 Å². The van der Waals surface area contributed by atoms with Crippen LogP contribution in [0.15, 0.2) is 72.1 Å². The summed E-state index contributed by atoms with van der Waals surface area (Å²) in [5.41, 5.74) is 0.754. The summed E-state index contributed by atoms with van der Waals surface area (Å²) in [6.07, 6.45) is -4.46. The number of hydrogen-bond donors (Lipinski definition) is 1. The highest BCUT2D eigenvalue weighted by Gasteiger charge is 2.30. The van der Waals surface area contributed by atoms with E-state index < -0.39 is 29.3 Å². The minimum Gasteiger partial charge on any atom is -0.489 e. The Morgan fingerprint density at radius 1 is 0.943 bits per heavy atom. The zero-order valence-corrected chi connectivity index (χ0v) is 18.7. The molecule has 0 aliphatic rings. The SMILES string of the molecule is O=C(NCc1cccc(C(F)(F)F)c1)c1csc(-c2ccc(OCc3cc(F)cc(F)c3)cc2)n1. The number of benzene rings is 3. The maximum atomic E-state index is 13.3. The molecule has 1 heterocycles. The van der Waals surface area contributed by atoms with E-state index in [4.69, 9.17) is 4.74 Å². The number of nitrogens with zero attached hydrogens (tertiary/aromatic N) is 1. The van der Waals surface area contributed by atoms with Crippen LogP contribution in [0.4, 0.5) is 22.0 Å². The number of carbonyl (C=O) groups is 1. The van der Waals surface area contributed by atoms with Gasteiger partial charge >= 0.3 is 6.18 Å². The van der Waals surface area contributed by atoms with Crippen molar-refractivity contribution in [1.29, 1.82) is 0 Å². The second-order valence-electron chi connectivity index (χ2n) is 7.51. The first kappa shape index (κ1) is 24.3. The molecule has 3 aromatic carbocycles. The number of aromatic nitrogens is 1. The molecule has 0 atom stereocenters. The lowest BCUT2D eigenvalue weighted by Crippen LogP contribution is -2.23. The summed E-state index contributed by atoms with van der Waals surface area (Å²) in [5, 5.41) is 4.69. The second kappa shape index (κ2) is 10.2. The van der Waals surface area contributed by atoms with Gasteiger partial charge in [0.2, 0.25) is 0 Å². The summed E-state index contributed by atoms with van der Waals surface area (Å²) >= 11 is 1.23. The highest BCUT2D eigenvalue weighted by molar-refractivity contribution is 7.13. The maximum Gasteiger partial charge on any atom is 0.416 e. The maximum absolute atomic E-state index is 13.3. The summed E-state index contributed by atoms with van der Waals surface area (Å²) in [6, 6.07) is 14.7. The van der Waals surface area contributed by atoms with E-state index in [1.54, 1.807) is 29.6 Å². The average molecular weight is 504 g/mol. The minimum atomic E-state index is -4.46. The van der Waals surface area contributed by atoms with Crippen molar-refractivity contribution in [3.05, 3.63) is 106 Å². The Morgan fingerprint density at radius 3 is 2.34 bits per heavy atom. The highest BCUT2D eigenvalue weighted by Crippen LogP contribution is 2.30. The Balaban J connectivity index is 1.35. The summed E-state index contributed by atoms with van der Waals surface area (Å²) in [6.45, 7) is -0.0850. The number of ether oxygens (including phenoxy) is 1. The van der Waals surface area contributed by atoms with Crippen molar-refractivity contribution >= 4 is 17.2 Å². The smallest absolute Gasteiger partial charge is 0.416 e. The second-order valence-corrected chi connectivity index (χ2v) is 8.37. The summed E-state index contributed by atoms with van der Waals surface area (Å²) in [7, 11) is 0. The third-order valence-corrected chi connectivity index (χ3v) is 5.76. The molecule has 0 radical (unpaired) electrons. The average Bonchev–Trinajstić information content (AvgIpc) is 3.31. The molecule has 4 nitrogen and oxygen atoms in total. The van der Waals surface area contributed by atoms with Gasteiger partial charge in [-0.1, -0.05) is 12.1 Å². The van der Waals surface area contributed by atoms with Crippen molar-refractivity contribution < 1.29 is 31.5 Å². The summed E-state index contributed by atoms with van der Waals surface area (Å²) < 4.78 is 70.6. The zero-order valence-electron chi connectivity index (χ0n) is 17.9. The van der Waals surface area contributed by atoms with Crippen LogP contribution < -0.4 is 10.1 Å². The van der Waals surface area contributed by atoms with Crippen molar-refractivity contribution in [2.24, 2.45) is 0 Å². The topological polar surface area (TPSA) is 51.2 Å². The first-order valence-electron chi connectivity index (χ1n) is 10.3. The molecule has 0 saturated heterocycles. The fraction of sp³-hybridized carbons (Fsp3) is 0.120. The van der Waals surface area contributed by atoms with Gasteiger partial charge in [-0.3, -0.25) is 4.79 Å². The summed E-state index contributed by atoms with van der Waals surface area (Å²) in [5.74, 6) is -1.39. The molecular formula is C25H17F5N2O2S. The third kappa shape index (κ3) is 6.42. The van der Waals surface area contributed by atoms with Crippen LogP contribution in [0.5, 0.6) is 5.75 Å². The first-order chi connectivity index (χ1) is 16.7. The largest absolute Gasteiger partial charge is 0.489 e. The fourth-order valence-corrected chi connectivity index (χ4v) is 4.00. The lowest BCUT2D eigenvalue weighted by Gasteiger charge is -2.09. The Labute approximate surface area is 201 Å². The number of hydrogen-bond acceptors (Lipinski definition) is 4. The van der Waals surface area contributed by atoms with E-state index >= 15 is 0 Å². The van der Waals surface area contributed by atoms with Gasteiger partial charge in [-0.2, -0.15) is 13.2 Å². The molecule has 4 aromatic rings. The Bertz CT molecular complexity index is 1320. The van der Waals surface area contributed by atoms with Gasteiger partial charge in [0.05, 0.1) is 5.56 Å². The minimum absolute atomic E-state index is 0.0124. The van der Waals surface area contributed by atoms with Crippen molar-refractivity contribution in [2.45, 2.75) is 19.3 Å². The van der Waals surface area contributed by atoms with Crippen LogP contribution in [0.1, 0.15) is 27.2 Å². The number of thiazole rings is 1. The molecule has 10 heteroatoms. The molecular weight excluding hydrogens is 487 g/mol. The van der Waals surface area contributed by atoms with Gasteiger partial charge < -0.3 is 10.1 Å². The van der Waals surface area contributed by atoms with E-state index in [9.17, 15) is 26.7 Å². The molecule has 0 bridgehead atoms. The zero-order chi connectivity index (χ0) is 25.0. The molecule has 180 valence electrons. The molecule has 1 amide bonds. The molecule has 4 rings (SSSR count). The quantitative estimate of drug-likeness (QED) is 0.288. The van der Waals surface area contributed by atoms with E-state index in [1.165, 1.54) is 35.6 Å². The molecule has 0 fully saturated rings. The standard InChI is InChI=1S/C25H17F5N2O2S/c26-19-9-16(10-20(27)11-19)13-34-21-6-4-17(5-7-21)24-32-22(14-35-24)23(33)31-12-15-2-1-3-18(8-15)25(28,29)30/h1-11,14H,12-13H2,(H,31,33). The molecule has 0 saturated carbocycles. The Hall–Kier alpha value is -3.79. The van der Waals surface area contributed by atoms with Crippen LogP contribution in [0.2, 0.25) is 0 Å². The number of carbonyl (C=O) groups excluding carboxylic acids is 1. The molecule has 0 unspecified atom stereocenters. The van der Waals surface area contributed by atoms with Crippen LogP contribution >= 0.6 is 11.3 Å². The number of rotatable bonds is 7. The van der Waals surface area contributed by atoms with Gasteiger partial charge in [0.15, 0.2) is 0 Å². The predicted molar refractivity (Wildman–Crippen MR) is 121 cm³/mol. The van der Waals surface area contributed by atoms with Crippen LogP contribution in [0.25, 0.3) is 10.6 Å². The van der Waals surface area contributed by atoms with E-state index in [0.29, 0.717) is 21.9 Å². The van der Waals surface area contributed by atoms with Crippen LogP contribution in [-0.2, 0) is 19.3 Å². The molecule has 0 aliphatic heterocycles. The van der Waals surface area contributed by atoms with Crippen molar-refractivity contribution in [1.82, 2.24) is 10.3 Å². The van der Waals surface area contributed by atoms with Gasteiger partial charge in [0, 0.05) is 23.6 Å². The molecule has 0 aliphatic carbocycles. The molecule has 0 spiro atoms. The third-order valence-electron chi connectivity index (χ3n) is 4.87. The normalized spacial score (nSPS) is 11.3. The lowest BCUT2D eigenvalue weighted by atomic mass is 10.1. The van der Waals surface area contributed by atoms with Crippen LogP contribution in [-0.4, -0.2) is 10.9 Å². The Morgan fingerprint density at radius 2 is 1.66 bits per heavy atom. The lowest BCUT2D eigenvalue weighted by molar-refractivity contribution is -0.137. The molecule has 1 N–H and O–H groups in total. The monoisotopic (exact) mass is 504 g/mol. The van der Waals surface area contributed by atoms with E-state index in [-0.39, 0.29) is 18.8 Å². The van der Waals surface area contributed by atoms with Gasteiger partial charge in [-0.05, 0) is 59.7 Å². The summed E-state index contributed by atoms with van der Waals surface area (Å²) in [4.78, 5) is 16.7. The fourth-order valence-electron chi connectivity index (χ4n) is 3.20.